The summed E-state index contributed by atoms with van der Waals surface area (Å²) in [6, 6.07) is 7.47. The molecule has 0 saturated heterocycles. The fourth-order valence-corrected chi connectivity index (χ4v) is 1.96. The Morgan fingerprint density at radius 1 is 1.27 bits per heavy atom. The quantitative estimate of drug-likeness (QED) is 0.779. The molecular weight excluding hydrogens is 186 g/mol. The fraction of sp³-hybridized carbons (Fsp3) is 0.538. The molecule has 1 aromatic carbocycles. The van der Waals surface area contributed by atoms with E-state index in [0.717, 1.165) is 19.3 Å². The summed E-state index contributed by atoms with van der Waals surface area (Å²) in [6.07, 6.45) is 3.11. The lowest BCUT2D eigenvalue weighted by Gasteiger charge is -2.30. The molecule has 0 aliphatic rings. The van der Waals surface area contributed by atoms with E-state index in [9.17, 15) is 5.11 Å². The molecule has 15 heavy (non-hydrogen) atoms. The number of phenols is 1. The van der Waals surface area contributed by atoms with E-state index < -0.39 is 0 Å². The van der Waals surface area contributed by atoms with Crippen molar-refractivity contribution < 1.29 is 5.11 Å². The fourth-order valence-electron chi connectivity index (χ4n) is 1.96. The highest BCUT2D eigenvalue weighted by Crippen LogP contribution is 2.30. The lowest BCUT2D eigenvalue weighted by molar-refractivity contribution is 0.271. The molecule has 1 rings (SSSR count). The summed E-state index contributed by atoms with van der Waals surface area (Å²) >= 11 is 0. The summed E-state index contributed by atoms with van der Waals surface area (Å²) in [4.78, 5) is 0. The highest BCUT2D eigenvalue weighted by molar-refractivity contribution is 5.28. The molecule has 2 heteroatoms. The SMILES string of the molecule is CCC(CC)(CN)Cc1cccc(O)c1. The maximum absolute atomic E-state index is 9.40. The number of hydrogen-bond donors (Lipinski definition) is 2. The first kappa shape index (κ1) is 12.1. The number of hydrogen-bond acceptors (Lipinski definition) is 2. The second-order valence-electron chi connectivity index (χ2n) is 4.26. The minimum absolute atomic E-state index is 0.188. The van der Waals surface area contributed by atoms with Gasteiger partial charge in [0, 0.05) is 0 Å². The molecule has 0 saturated carbocycles. The Morgan fingerprint density at radius 3 is 2.40 bits per heavy atom. The minimum Gasteiger partial charge on any atom is -0.508 e. The predicted octanol–water partition coefficient (Wildman–Crippen LogP) is 2.70. The van der Waals surface area contributed by atoms with Crippen molar-refractivity contribution in [1.82, 2.24) is 0 Å². The largest absolute Gasteiger partial charge is 0.508 e. The van der Waals surface area contributed by atoms with Crippen LogP contribution in [0.1, 0.15) is 32.3 Å². The third-order valence-corrected chi connectivity index (χ3v) is 3.42. The molecule has 0 aliphatic heterocycles. The van der Waals surface area contributed by atoms with Gasteiger partial charge in [0.1, 0.15) is 5.75 Å². The summed E-state index contributed by atoms with van der Waals surface area (Å²) < 4.78 is 0. The van der Waals surface area contributed by atoms with Gasteiger partial charge in [-0.2, -0.15) is 0 Å². The molecular formula is C13H21NO. The van der Waals surface area contributed by atoms with E-state index in [1.165, 1.54) is 5.56 Å². The Bertz CT molecular complexity index is 297. The minimum atomic E-state index is 0.188. The molecule has 0 spiro atoms. The Labute approximate surface area is 92.1 Å². The van der Waals surface area contributed by atoms with E-state index in [0.29, 0.717) is 12.3 Å². The lowest BCUT2D eigenvalue weighted by Crippen LogP contribution is -2.31. The number of rotatable bonds is 5. The van der Waals surface area contributed by atoms with Crippen molar-refractivity contribution in [3.8, 4) is 5.75 Å². The molecule has 0 atom stereocenters. The lowest BCUT2D eigenvalue weighted by atomic mass is 9.77. The van der Waals surface area contributed by atoms with Crippen molar-refractivity contribution in [3.05, 3.63) is 29.8 Å². The van der Waals surface area contributed by atoms with Crippen molar-refractivity contribution in [2.24, 2.45) is 11.1 Å². The van der Waals surface area contributed by atoms with Crippen LogP contribution in [0.5, 0.6) is 5.75 Å². The van der Waals surface area contributed by atoms with E-state index in [1.54, 1.807) is 6.07 Å². The molecule has 0 bridgehead atoms. The van der Waals surface area contributed by atoms with Gasteiger partial charge >= 0.3 is 0 Å². The van der Waals surface area contributed by atoms with Crippen LogP contribution >= 0.6 is 0 Å². The Morgan fingerprint density at radius 2 is 1.93 bits per heavy atom. The Kier molecular flexibility index (Phi) is 4.15. The second-order valence-corrected chi connectivity index (χ2v) is 4.26. The van der Waals surface area contributed by atoms with Crippen LogP contribution in [0, 0.1) is 5.41 Å². The molecule has 0 aliphatic carbocycles. The molecule has 0 unspecified atom stereocenters. The van der Waals surface area contributed by atoms with Gasteiger partial charge in [-0.1, -0.05) is 26.0 Å². The average molecular weight is 207 g/mol. The third kappa shape index (κ3) is 2.96. The number of benzene rings is 1. The van der Waals surface area contributed by atoms with Crippen LogP contribution in [0.3, 0.4) is 0 Å². The standard InChI is InChI=1S/C13H21NO/c1-3-13(4-2,10-14)9-11-6-5-7-12(15)8-11/h5-8,15H,3-4,9-10,14H2,1-2H3. The Balaban J connectivity index is 2.82. The number of aromatic hydroxyl groups is 1. The second kappa shape index (κ2) is 5.17. The summed E-state index contributed by atoms with van der Waals surface area (Å²) in [7, 11) is 0. The summed E-state index contributed by atoms with van der Waals surface area (Å²) in [5, 5.41) is 9.40. The molecule has 0 radical (unpaired) electrons. The molecule has 0 amide bonds. The summed E-state index contributed by atoms with van der Waals surface area (Å²) in [6.45, 7) is 5.06. The van der Waals surface area contributed by atoms with Crippen LogP contribution in [0.2, 0.25) is 0 Å². The zero-order chi connectivity index (χ0) is 11.3. The Hall–Kier alpha value is -1.02. The van der Waals surface area contributed by atoms with Crippen molar-refractivity contribution in [1.29, 1.82) is 0 Å². The summed E-state index contributed by atoms with van der Waals surface area (Å²) in [5.41, 5.74) is 7.21. The van der Waals surface area contributed by atoms with Crippen molar-refractivity contribution >= 4 is 0 Å². The van der Waals surface area contributed by atoms with Crippen LogP contribution in [0.15, 0.2) is 24.3 Å². The summed E-state index contributed by atoms with van der Waals surface area (Å²) in [5.74, 6) is 0.339. The van der Waals surface area contributed by atoms with Gasteiger partial charge in [0.25, 0.3) is 0 Å². The maximum Gasteiger partial charge on any atom is 0.115 e. The van der Waals surface area contributed by atoms with Gasteiger partial charge in [0.2, 0.25) is 0 Å². The van der Waals surface area contributed by atoms with Crippen molar-refractivity contribution in [2.45, 2.75) is 33.1 Å². The van der Waals surface area contributed by atoms with E-state index >= 15 is 0 Å². The molecule has 0 heterocycles. The topological polar surface area (TPSA) is 46.2 Å². The smallest absolute Gasteiger partial charge is 0.115 e. The van der Waals surface area contributed by atoms with Crippen LogP contribution in [-0.4, -0.2) is 11.7 Å². The molecule has 3 N–H and O–H groups in total. The van der Waals surface area contributed by atoms with E-state index in [1.807, 2.05) is 12.1 Å². The van der Waals surface area contributed by atoms with Gasteiger partial charge < -0.3 is 10.8 Å². The molecule has 2 nitrogen and oxygen atoms in total. The normalized spacial score (nSPS) is 11.7. The predicted molar refractivity (Wildman–Crippen MR) is 63.9 cm³/mol. The highest BCUT2D eigenvalue weighted by Gasteiger charge is 2.24. The first-order valence-electron chi connectivity index (χ1n) is 5.64. The monoisotopic (exact) mass is 207 g/mol. The van der Waals surface area contributed by atoms with Gasteiger partial charge in [0.15, 0.2) is 0 Å². The van der Waals surface area contributed by atoms with E-state index in [4.69, 9.17) is 5.73 Å². The average Bonchev–Trinajstić information content (AvgIpc) is 2.26. The van der Waals surface area contributed by atoms with Crippen LogP contribution in [-0.2, 0) is 6.42 Å². The molecule has 0 fully saturated rings. The van der Waals surface area contributed by atoms with Crippen molar-refractivity contribution in [2.75, 3.05) is 6.54 Å². The van der Waals surface area contributed by atoms with Crippen LogP contribution < -0.4 is 5.73 Å². The van der Waals surface area contributed by atoms with Crippen LogP contribution in [0.25, 0.3) is 0 Å². The first-order chi connectivity index (χ1) is 7.15. The van der Waals surface area contributed by atoms with Crippen molar-refractivity contribution in [3.63, 3.8) is 0 Å². The first-order valence-corrected chi connectivity index (χ1v) is 5.64. The van der Waals surface area contributed by atoms with Gasteiger partial charge in [-0.15, -0.1) is 0 Å². The van der Waals surface area contributed by atoms with E-state index in [-0.39, 0.29) is 5.41 Å². The zero-order valence-electron chi connectivity index (χ0n) is 9.66. The van der Waals surface area contributed by atoms with Gasteiger partial charge in [-0.05, 0) is 48.9 Å². The molecule has 0 aromatic heterocycles. The van der Waals surface area contributed by atoms with Gasteiger partial charge in [0.05, 0.1) is 0 Å². The van der Waals surface area contributed by atoms with E-state index in [2.05, 4.69) is 19.9 Å². The number of nitrogens with two attached hydrogens (primary N) is 1. The van der Waals surface area contributed by atoms with Crippen LogP contribution in [0.4, 0.5) is 0 Å². The highest BCUT2D eigenvalue weighted by atomic mass is 16.3. The van der Waals surface area contributed by atoms with Gasteiger partial charge in [-0.3, -0.25) is 0 Å². The maximum atomic E-state index is 9.40. The number of phenolic OH excluding ortho intramolecular Hbond substituents is 1. The zero-order valence-corrected chi connectivity index (χ0v) is 9.66. The molecule has 84 valence electrons. The third-order valence-electron chi connectivity index (χ3n) is 3.42. The molecule has 1 aromatic rings. The van der Waals surface area contributed by atoms with Gasteiger partial charge in [-0.25, -0.2) is 0 Å².